The molecular formula is C12H9PS4. The molecule has 5 heteroatoms. The Labute approximate surface area is 117 Å². The van der Waals surface area contributed by atoms with Crippen molar-refractivity contribution in [2.24, 2.45) is 0 Å². The molecule has 1 aliphatic heterocycles. The summed E-state index contributed by atoms with van der Waals surface area (Å²) in [7, 11) is -0.477. The molecule has 3 rings (SSSR count). The Morgan fingerprint density at radius 1 is 1.06 bits per heavy atom. The van der Waals surface area contributed by atoms with E-state index in [-0.39, 0.29) is 17.4 Å². The van der Waals surface area contributed by atoms with Crippen molar-refractivity contribution in [1.82, 2.24) is 0 Å². The second kappa shape index (κ2) is 5.25. The van der Waals surface area contributed by atoms with Gasteiger partial charge in [-0.15, -0.1) is 22.7 Å². The Kier molecular flexibility index (Phi) is 3.69. The minimum Gasteiger partial charge on any atom is -0.143 e. The highest BCUT2D eigenvalue weighted by Gasteiger charge is 2.23. The Morgan fingerprint density at radius 2 is 1.71 bits per heavy atom. The fourth-order valence-corrected chi connectivity index (χ4v) is 9.88. The van der Waals surface area contributed by atoms with Crippen LogP contribution in [0, 0.1) is 0 Å². The number of allylic oxidation sites excluding steroid dienone is 2. The van der Waals surface area contributed by atoms with Gasteiger partial charge < -0.3 is 0 Å². The summed E-state index contributed by atoms with van der Waals surface area (Å²) < 4.78 is 4.35. The van der Waals surface area contributed by atoms with Crippen molar-refractivity contribution in [2.75, 3.05) is 0 Å². The lowest BCUT2D eigenvalue weighted by molar-refractivity contribution is 2.04. The first-order chi connectivity index (χ1) is 8.36. The first-order valence-corrected chi connectivity index (χ1v) is 10.3. The van der Waals surface area contributed by atoms with Crippen molar-refractivity contribution in [3.8, 4) is 0 Å². The van der Waals surface area contributed by atoms with E-state index in [0.29, 0.717) is 0 Å². The highest BCUT2D eigenvalue weighted by molar-refractivity contribution is 8.36. The molecule has 0 nitrogen and oxygen atoms in total. The van der Waals surface area contributed by atoms with Crippen molar-refractivity contribution < 1.29 is 0 Å². The SMILES string of the molecule is S=S1C=CC=C1P(c1cccs1)c1cccs1. The van der Waals surface area contributed by atoms with E-state index in [1.54, 1.807) is 0 Å². The molecule has 0 amide bonds. The van der Waals surface area contributed by atoms with Crippen LogP contribution in [0.1, 0.15) is 0 Å². The van der Waals surface area contributed by atoms with Gasteiger partial charge in [-0.1, -0.05) is 27.7 Å². The minimum absolute atomic E-state index is 0.104. The van der Waals surface area contributed by atoms with E-state index in [1.807, 2.05) is 22.7 Å². The fraction of sp³-hybridized carbons (Fsp3) is 0. The summed E-state index contributed by atoms with van der Waals surface area (Å²) in [5.41, 5.74) is 0. The highest BCUT2D eigenvalue weighted by Crippen LogP contribution is 2.48. The number of hydrogen-bond acceptors (Lipinski definition) is 3. The maximum Gasteiger partial charge on any atom is 0.0382 e. The average Bonchev–Trinajstić information content (AvgIpc) is 3.04. The van der Waals surface area contributed by atoms with Crippen LogP contribution in [0.3, 0.4) is 0 Å². The van der Waals surface area contributed by atoms with E-state index in [0.717, 1.165) is 0 Å². The summed E-state index contributed by atoms with van der Waals surface area (Å²) in [6, 6.07) is 8.74. The van der Waals surface area contributed by atoms with Crippen molar-refractivity contribution in [2.45, 2.75) is 0 Å². The molecule has 1 aliphatic rings. The largest absolute Gasteiger partial charge is 0.143 e. The van der Waals surface area contributed by atoms with Gasteiger partial charge in [0.1, 0.15) is 0 Å². The molecule has 0 spiro atoms. The third kappa shape index (κ3) is 2.38. The number of hydrogen-bond donors (Lipinski definition) is 0. The standard InChI is InChI=1S/C12H9PS4/c14-17-9-3-6-12(17)13(10-4-1-7-15-10)11-5-2-8-16-11/h1-9H. The average molecular weight is 312 g/mol. The van der Waals surface area contributed by atoms with Crippen LogP contribution in [0.15, 0.2) is 57.2 Å². The van der Waals surface area contributed by atoms with Crippen LogP contribution in [0.5, 0.6) is 0 Å². The lowest BCUT2D eigenvalue weighted by atomic mass is 10.6. The van der Waals surface area contributed by atoms with E-state index in [9.17, 15) is 0 Å². The molecule has 3 heterocycles. The van der Waals surface area contributed by atoms with E-state index in [4.69, 9.17) is 11.2 Å². The number of rotatable bonds is 3. The van der Waals surface area contributed by atoms with Crippen molar-refractivity contribution in [3.63, 3.8) is 0 Å². The Balaban J connectivity index is 2.07. The van der Waals surface area contributed by atoms with Gasteiger partial charge in [-0.3, -0.25) is 0 Å². The first kappa shape index (κ1) is 11.9. The zero-order chi connectivity index (χ0) is 11.7. The fourth-order valence-electron chi connectivity index (χ4n) is 1.61. The summed E-state index contributed by atoms with van der Waals surface area (Å²) in [6.45, 7) is 0. The smallest absolute Gasteiger partial charge is 0.0382 e. The Bertz CT molecular complexity index is 544. The van der Waals surface area contributed by atoms with Crippen molar-refractivity contribution in [3.05, 3.63) is 57.2 Å². The molecule has 2 aromatic rings. The van der Waals surface area contributed by atoms with Gasteiger partial charge in [-0.25, -0.2) is 0 Å². The molecule has 0 saturated heterocycles. The predicted octanol–water partition coefficient (Wildman–Crippen LogP) is 3.69. The molecule has 0 radical (unpaired) electrons. The summed E-state index contributed by atoms with van der Waals surface area (Å²) in [6.07, 6.45) is 4.34. The maximum absolute atomic E-state index is 5.55. The zero-order valence-electron chi connectivity index (χ0n) is 8.78. The van der Waals surface area contributed by atoms with Gasteiger partial charge in [0, 0.05) is 21.8 Å². The van der Waals surface area contributed by atoms with Crippen molar-refractivity contribution in [1.29, 1.82) is 0 Å². The molecule has 0 N–H and O–H groups in total. The molecule has 0 saturated carbocycles. The van der Waals surface area contributed by atoms with Crippen molar-refractivity contribution >= 4 is 60.5 Å². The van der Waals surface area contributed by atoms with Gasteiger partial charge in [0.15, 0.2) is 0 Å². The summed E-state index contributed by atoms with van der Waals surface area (Å²) in [4.78, 5) is 0. The van der Waals surface area contributed by atoms with Crippen LogP contribution in [-0.2, 0) is 20.6 Å². The van der Waals surface area contributed by atoms with Crippen LogP contribution in [0.4, 0.5) is 0 Å². The molecule has 0 aliphatic carbocycles. The molecule has 2 aromatic heterocycles. The highest BCUT2D eigenvalue weighted by atomic mass is 32.8. The van der Waals surface area contributed by atoms with Gasteiger partial charge in [0.2, 0.25) is 0 Å². The molecule has 1 unspecified atom stereocenters. The summed E-state index contributed by atoms with van der Waals surface area (Å²) in [5.74, 6) is 0. The molecule has 0 fully saturated rings. The molecule has 0 aromatic carbocycles. The molecule has 1 atom stereocenters. The lowest BCUT2D eigenvalue weighted by Gasteiger charge is -2.16. The quantitative estimate of drug-likeness (QED) is 0.779. The van der Waals surface area contributed by atoms with Crippen LogP contribution in [-0.4, -0.2) is 0 Å². The second-order valence-corrected chi connectivity index (χ2v) is 10.7. The second-order valence-electron chi connectivity index (χ2n) is 3.37. The van der Waals surface area contributed by atoms with E-state index >= 15 is 0 Å². The third-order valence-electron chi connectivity index (χ3n) is 2.32. The molecular weight excluding hydrogens is 303 g/mol. The van der Waals surface area contributed by atoms with Crippen LogP contribution >= 0.6 is 30.6 Å². The molecule has 17 heavy (non-hydrogen) atoms. The predicted molar refractivity (Wildman–Crippen MR) is 86.8 cm³/mol. The van der Waals surface area contributed by atoms with Gasteiger partial charge in [-0.2, -0.15) is 0 Å². The Morgan fingerprint density at radius 3 is 2.12 bits per heavy atom. The van der Waals surface area contributed by atoms with E-state index in [2.05, 4.69) is 52.6 Å². The zero-order valence-corrected chi connectivity index (χ0v) is 12.9. The van der Waals surface area contributed by atoms with E-state index in [1.165, 1.54) is 13.9 Å². The van der Waals surface area contributed by atoms with Gasteiger partial charge in [0.05, 0.1) is 0 Å². The Hall–Kier alpha value is -0.120. The first-order valence-electron chi connectivity index (χ1n) is 5.02. The van der Waals surface area contributed by atoms with Crippen LogP contribution in [0.2, 0.25) is 0 Å². The third-order valence-corrected chi connectivity index (χ3v) is 10.5. The summed E-state index contributed by atoms with van der Waals surface area (Å²) >= 11 is 9.23. The minimum atomic E-state index is -0.373. The number of thiophene rings is 2. The maximum atomic E-state index is 5.55. The van der Waals surface area contributed by atoms with Gasteiger partial charge >= 0.3 is 0 Å². The topological polar surface area (TPSA) is 0 Å². The monoisotopic (exact) mass is 312 g/mol. The normalized spacial score (nSPS) is 18.9. The van der Waals surface area contributed by atoms with E-state index < -0.39 is 0 Å². The van der Waals surface area contributed by atoms with Gasteiger partial charge in [0.25, 0.3) is 0 Å². The molecule has 0 bridgehead atoms. The molecule has 86 valence electrons. The lowest BCUT2D eigenvalue weighted by Crippen LogP contribution is -2.07. The summed E-state index contributed by atoms with van der Waals surface area (Å²) in [5, 5.41) is 6.45. The van der Waals surface area contributed by atoms with Gasteiger partial charge in [-0.05, 0) is 45.6 Å². The van der Waals surface area contributed by atoms with Crippen LogP contribution in [0.25, 0.3) is 0 Å². The van der Waals surface area contributed by atoms with Crippen LogP contribution < -0.4 is 9.24 Å².